The van der Waals surface area contributed by atoms with Crippen LogP contribution in [0, 0.1) is 5.92 Å². The standard InChI is InChI=1S/C19H29NO4/c1-6-22-16-11-15(12-17(23-7-2)18(16)24-8-3)19(21)20(5)13(4)14-9-10-14/h11-14H,6-10H2,1-5H3. The summed E-state index contributed by atoms with van der Waals surface area (Å²) in [6.45, 7) is 9.34. The molecular formula is C19H29NO4. The minimum absolute atomic E-state index is 0.0145. The zero-order valence-electron chi connectivity index (χ0n) is 15.4. The van der Waals surface area contributed by atoms with Gasteiger partial charge in [-0.2, -0.15) is 0 Å². The van der Waals surface area contributed by atoms with Gasteiger partial charge in [0.15, 0.2) is 11.5 Å². The van der Waals surface area contributed by atoms with E-state index in [1.807, 2.05) is 32.7 Å². The number of benzene rings is 1. The number of rotatable bonds is 9. The van der Waals surface area contributed by atoms with Gasteiger partial charge < -0.3 is 19.1 Å². The van der Waals surface area contributed by atoms with E-state index in [1.165, 1.54) is 12.8 Å². The summed E-state index contributed by atoms with van der Waals surface area (Å²) in [6.07, 6.45) is 2.41. The first kappa shape index (κ1) is 18.4. The zero-order chi connectivity index (χ0) is 17.7. The van der Waals surface area contributed by atoms with Gasteiger partial charge in [-0.05, 0) is 58.6 Å². The third kappa shape index (κ3) is 4.13. The Morgan fingerprint density at radius 2 is 1.58 bits per heavy atom. The molecule has 0 spiro atoms. The lowest BCUT2D eigenvalue weighted by molar-refractivity contribution is 0.0726. The number of carbonyl (C=O) groups is 1. The van der Waals surface area contributed by atoms with Crippen molar-refractivity contribution >= 4 is 5.91 Å². The van der Waals surface area contributed by atoms with Gasteiger partial charge in [-0.15, -0.1) is 0 Å². The highest BCUT2D eigenvalue weighted by Gasteiger charge is 2.33. The van der Waals surface area contributed by atoms with E-state index in [0.717, 1.165) is 0 Å². The van der Waals surface area contributed by atoms with Crippen LogP contribution in [0.4, 0.5) is 0 Å². The first-order chi connectivity index (χ1) is 11.5. The van der Waals surface area contributed by atoms with Gasteiger partial charge >= 0.3 is 0 Å². The highest BCUT2D eigenvalue weighted by molar-refractivity contribution is 5.95. The zero-order valence-corrected chi connectivity index (χ0v) is 15.4. The van der Waals surface area contributed by atoms with Gasteiger partial charge in [-0.3, -0.25) is 4.79 Å². The second kappa shape index (κ2) is 8.27. The SMILES string of the molecule is CCOc1cc(C(=O)N(C)C(C)C2CC2)cc(OCC)c1OCC. The molecule has 5 nitrogen and oxygen atoms in total. The molecule has 0 aliphatic heterocycles. The monoisotopic (exact) mass is 335 g/mol. The fourth-order valence-corrected chi connectivity index (χ4v) is 2.80. The van der Waals surface area contributed by atoms with Crippen LogP contribution in [0.3, 0.4) is 0 Å². The molecule has 0 bridgehead atoms. The lowest BCUT2D eigenvalue weighted by Gasteiger charge is -2.26. The van der Waals surface area contributed by atoms with Gasteiger partial charge in [0.1, 0.15) is 0 Å². The molecule has 0 heterocycles. The summed E-state index contributed by atoms with van der Waals surface area (Å²) in [6, 6.07) is 3.76. The molecule has 1 aliphatic rings. The van der Waals surface area contributed by atoms with Gasteiger partial charge in [0, 0.05) is 18.7 Å². The van der Waals surface area contributed by atoms with E-state index in [9.17, 15) is 4.79 Å². The van der Waals surface area contributed by atoms with E-state index in [4.69, 9.17) is 14.2 Å². The average Bonchev–Trinajstić information content (AvgIpc) is 3.41. The van der Waals surface area contributed by atoms with Crippen LogP contribution in [-0.2, 0) is 0 Å². The Morgan fingerprint density at radius 3 is 2.00 bits per heavy atom. The van der Waals surface area contributed by atoms with Crippen molar-refractivity contribution in [1.29, 1.82) is 0 Å². The quantitative estimate of drug-likeness (QED) is 0.689. The molecule has 1 fully saturated rings. The molecule has 1 aliphatic carbocycles. The maximum Gasteiger partial charge on any atom is 0.254 e. The molecule has 5 heteroatoms. The lowest BCUT2D eigenvalue weighted by atomic mass is 10.1. The third-order valence-electron chi connectivity index (χ3n) is 4.39. The van der Waals surface area contributed by atoms with Crippen molar-refractivity contribution in [3.05, 3.63) is 17.7 Å². The van der Waals surface area contributed by atoms with Crippen molar-refractivity contribution in [3.8, 4) is 17.2 Å². The maximum absolute atomic E-state index is 12.9. The second-order valence-electron chi connectivity index (χ2n) is 6.09. The van der Waals surface area contributed by atoms with Crippen molar-refractivity contribution in [3.63, 3.8) is 0 Å². The number of hydrogen-bond donors (Lipinski definition) is 0. The first-order valence-corrected chi connectivity index (χ1v) is 8.86. The van der Waals surface area contributed by atoms with Crippen LogP contribution in [-0.4, -0.2) is 43.7 Å². The van der Waals surface area contributed by atoms with Gasteiger partial charge in [0.25, 0.3) is 5.91 Å². The molecule has 1 unspecified atom stereocenters. The number of amides is 1. The Balaban J connectivity index is 2.35. The van der Waals surface area contributed by atoms with E-state index in [1.54, 1.807) is 12.1 Å². The second-order valence-corrected chi connectivity index (χ2v) is 6.09. The van der Waals surface area contributed by atoms with Crippen LogP contribution in [0.2, 0.25) is 0 Å². The molecule has 0 saturated heterocycles. The number of nitrogens with zero attached hydrogens (tertiary/aromatic N) is 1. The molecule has 0 radical (unpaired) electrons. The molecule has 1 atom stereocenters. The molecule has 1 saturated carbocycles. The highest BCUT2D eigenvalue weighted by Crippen LogP contribution is 2.40. The summed E-state index contributed by atoms with van der Waals surface area (Å²) in [5.74, 6) is 2.29. The van der Waals surface area contributed by atoms with Crippen LogP contribution < -0.4 is 14.2 Å². The molecule has 24 heavy (non-hydrogen) atoms. The summed E-state index contributed by atoms with van der Waals surface area (Å²) in [5.41, 5.74) is 0.570. The van der Waals surface area contributed by atoms with Crippen LogP contribution in [0.5, 0.6) is 17.2 Å². The smallest absolute Gasteiger partial charge is 0.254 e. The Bertz CT molecular complexity index is 541. The van der Waals surface area contributed by atoms with E-state index in [0.29, 0.717) is 48.6 Å². The molecule has 0 N–H and O–H groups in total. The number of hydrogen-bond acceptors (Lipinski definition) is 4. The highest BCUT2D eigenvalue weighted by atomic mass is 16.5. The van der Waals surface area contributed by atoms with Crippen molar-refractivity contribution in [2.45, 2.75) is 46.6 Å². The van der Waals surface area contributed by atoms with Gasteiger partial charge in [-0.1, -0.05) is 0 Å². The molecular weight excluding hydrogens is 306 g/mol. The number of ether oxygens (including phenoxy) is 3. The third-order valence-corrected chi connectivity index (χ3v) is 4.39. The minimum Gasteiger partial charge on any atom is -0.490 e. The Morgan fingerprint density at radius 1 is 1.08 bits per heavy atom. The summed E-state index contributed by atoms with van der Waals surface area (Å²) >= 11 is 0. The van der Waals surface area contributed by atoms with Crippen LogP contribution in [0.15, 0.2) is 12.1 Å². The van der Waals surface area contributed by atoms with Crippen molar-refractivity contribution in [2.24, 2.45) is 5.92 Å². The topological polar surface area (TPSA) is 48.0 Å². The maximum atomic E-state index is 12.9. The largest absolute Gasteiger partial charge is 0.490 e. The predicted octanol–water partition coefficient (Wildman–Crippen LogP) is 3.75. The first-order valence-electron chi connectivity index (χ1n) is 8.86. The van der Waals surface area contributed by atoms with Gasteiger partial charge in [-0.25, -0.2) is 0 Å². The molecule has 0 aromatic heterocycles. The summed E-state index contributed by atoms with van der Waals surface area (Å²) in [5, 5.41) is 0. The molecule has 134 valence electrons. The summed E-state index contributed by atoms with van der Waals surface area (Å²) in [4.78, 5) is 14.7. The van der Waals surface area contributed by atoms with E-state index >= 15 is 0 Å². The average molecular weight is 335 g/mol. The van der Waals surface area contributed by atoms with Gasteiger partial charge in [0.2, 0.25) is 5.75 Å². The molecule has 1 aromatic rings. The molecule has 1 aromatic carbocycles. The summed E-state index contributed by atoms with van der Waals surface area (Å²) in [7, 11) is 1.86. The van der Waals surface area contributed by atoms with Crippen LogP contribution in [0.1, 0.15) is 50.9 Å². The van der Waals surface area contributed by atoms with Gasteiger partial charge in [0.05, 0.1) is 19.8 Å². The van der Waals surface area contributed by atoms with E-state index in [2.05, 4.69) is 6.92 Å². The van der Waals surface area contributed by atoms with Crippen molar-refractivity contribution < 1.29 is 19.0 Å². The van der Waals surface area contributed by atoms with Crippen LogP contribution in [0.25, 0.3) is 0 Å². The van der Waals surface area contributed by atoms with Crippen molar-refractivity contribution in [2.75, 3.05) is 26.9 Å². The van der Waals surface area contributed by atoms with E-state index < -0.39 is 0 Å². The normalized spacial score (nSPS) is 14.9. The summed E-state index contributed by atoms with van der Waals surface area (Å²) < 4.78 is 17.1. The van der Waals surface area contributed by atoms with E-state index in [-0.39, 0.29) is 11.9 Å². The Labute approximate surface area is 144 Å². The minimum atomic E-state index is -0.0145. The number of carbonyl (C=O) groups excluding carboxylic acids is 1. The van der Waals surface area contributed by atoms with Crippen molar-refractivity contribution in [1.82, 2.24) is 4.90 Å². The lowest BCUT2D eigenvalue weighted by Crippen LogP contribution is -2.36. The Kier molecular flexibility index (Phi) is 6.35. The predicted molar refractivity (Wildman–Crippen MR) is 94.2 cm³/mol. The Hall–Kier alpha value is -1.91. The fraction of sp³-hybridized carbons (Fsp3) is 0.632. The molecule has 2 rings (SSSR count). The van der Waals surface area contributed by atoms with Crippen LogP contribution >= 0.6 is 0 Å². The fourth-order valence-electron chi connectivity index (χ4n) is 2.80. The molecule has 1 amide bonds.